The summed E-state index contributed by atoms with van der Waals surface area (Å²) in [5.74, 6) is 1.73. The zero-order chi connectivity index (χ0) is 28.3. The number of nitrogens with zero attached hydrogens (tertiary/aromatic N) is 6. The van der Waals surface area contributed by atoms with Gasteiger partial charge in [-0.2, -0.15) is 5.10 Å². The van der Waals surface area contributed by atoms with Crippen LogP contribution in [-0.2, 0) is 24.8 Å². The Balaban J connectivity index is 1.25. The fourth-order valence-electron chi connectivity index (χ4n) is 6.14. The first-order valence-electron chi connectivity index (χ1n) is 14.2. The van der Waals surface area contributed by atoms with Gasteiger partial charge in [0.25, 0.3) is 0 Å². The van der Waals surface area contributed by atoms with E-state index in [4.69, 9.17) is 9.84 Å². The lowest BCUT2D eigenvalue weighted by atomic mass is 9.94. The summed E-state index contributed by atoms with van der Waals surface area (Å²) in [7, 11) is 3.72. The highest BCUT2D eigenvalue weighted by Crippen LogP contribution is 2.33. The number of aryl methyl sites for hydroxylation is 1. The third-order valence-electron chi connectivity index (χ3n) is 8.31. The van der Waals surface area contributed by atoms with E-state index in [0.29, 0.717) is 12.4 Å². The molecule has 6 rings (SSSR count). The molecule has 1 saturated heterocycles. The molecule has 10 nitrogen and oxygen atoms in total. The largest absolute Gasteiger partial charge is 0.383 e. The summed E-state index contributed by atoms with van der Waals surface area (Å²) in [5, 5.41) is 15.9. The Kier molecular flexibility index (Phi) is 7.76. The molecule has 1 fully saturated rings. The Morgan fingerprint density at radius 1 is 1.07 bits per heavy atom. The van der Waals surface area contributed by atoms with E-state index < -0.39 is 0 Å². The zero-order valence-electron chi connectivity index (χ0n) is 24.0. The Hall–Kier alpha value is -4.15. The quantitative estimate of drug-likeness (QED) is 0.345. The van der Waals surface area contributed by atoms with E-state index in [2.05, 4.69) is 49.8 Å². The lowest BCUT2D eigenvalue weighted by Gasteiger charge is -2.27. The monoisotopic (exact) mass is 554 g/mol. The van der Waals surface area contributed by atoms with E-state index in [1.165, 1.54) is 16.8 Å². The molecule has 4 aromatic rings. The van der Waals surface area contributed by atoms with Crippen molar-refractivity contribution in [3.05, 3.63) is 89.2 Å². The van der Waals surface area contributed by atoms with Crippen LogP contribution in [0, 0.1) is 6.92 Å². The van der Waals surface area contributed by atoms with E-state index in [1.54, 1.807) is 7.11 Å². The van der Waals surface area contributed by atoms with Gasteiger partial charge < -0.3 is 15.0 Å². The van der Waals surface area contributed by atoms with E-state index in [1.807, 2.05) is 65.9 Å². The molecular weight excluding hydrogens is 516 g/mol. The maximum atomic E-state index is 13.6. The minimum atomic E-state index is -0.232. The zero-order valence-corrected chi connectivity index (χ0v) is 24.0. The number of para-hydroxylation sites is 1. The number of hydrogen-bond donors (Lipinski definition) is 2. The fraction of sp³-hybridized carbons (Fsp3) is 0.387. The van der Waals surface area contributed by atoms with Crippen molar-refractivity contribution < 1.29 is 9.53 Å². The number of ether oxygens (including phenoxy) is 1. The van der Waals surface area contributed by atoms with Gasteiger partial charge in [-0.25, -0.2) is 9.48 Å². The molecular formula is C31H38N8O2. The number of urea groups is 1. The first-order chi connectivity index (χ1) is 20.0. The first-order valence-corrected chi connectivity index (χ1v) is 14.2. The molecule has 41 heavy (non-hydrogen) atoms. The molecule has 2 aliphatic heterocycles. The highest BCUT2D eigenvalue weighted by molar-refractivity contribution is 5.90. The molecule has 2 aromatic heterocycles. The predicted octanol–water partition coefficient (Wildman–Crippen LogP) is 3.71. The lowest BCUT2D eigenvalue weighted by molar-refractivity contribution is 0.159. The second kappa shape index (κ2) is 11.8. The van der Waals surface area contributed by atoms with Crippen LogP contribution in [0.3, 0.4) is 0 Å². The SMILES string of the molecule is COCCN1C[C@@H](NC(=O)Nc2c(C)c(N3CCc4c(cnn4C)C3)nn2-c2ccccc2)[C@H](c2ccccc2)C1. The third-order valence-corrected chi connectivity index (χ3v) is 8.31. The summed E-state index contributed by atoms with van der Waals surface area (Å²) >= 11 is 0. The van der Waals surface area contributed by atoms with Crippen molar-refractivity contribution in [3.8, 4) is 5.69 Å². The number of anilines is 2. The van der Waals surface area contributed by atoms with Gasteiger partial charge >= 0.3 is 6.03 Å². The van der Waals surface area contributed by atoms with Gasteiger partial charge in [-0.3, -0.25) is 14.9 Å². The van der Waals surface area contributed by atoms with E-state index in [-0.39, 0.29) is 18.0 Å². The van der Waals surface area contributed by atoms with Gasteiger partial charge in [0.15, 0.2) is 5.82 Å². The molecule has 2 N–H and O–H groups in total. The molecule has 0 bridgehead atoms. The number of amides is 2. The average Bonchev–Trinajstić information content (AvgIpc) is 3.68. The van der Waals surface area contributed by atoms with Crippen LogP contribution in [-0.4, -0.2) is 76.4 Å². The van der Waals surface area contributed by atoms with Crippen molar-refractivity contribution in [2.75, 3.05) is 50.1 Å². The predicted molar refractivity (Wildman–Crippen MR) is 160 cm³/mol. The second-order valence-corrected chi connectivity index (χ2v) is 10.9. The summed E-state index contributed by atoms with van der Waals surface area (Å²) in [6, 6.07) is 20.1. The third kappa shape index (κ3) is 5.57. The molecule has 2 aromatic carbocycles. The minimum Gasteiger partial charge on any atom is -0.383 e. The molecule has 2 aliphatic rings. The minimum absolute atomic E-state index is 0.0341. The Morgan fingerprint density at radius 2 is 1.83 bits per heavy atom. The summed E-state index contributed by atoms with van der Waals surface area (Å²) in [5.41, 5.74) is 5.54. The van der Waals surface area contributed by atoms with Crippen LogP contribution < -0.4 is 15.5 Å². The molecule has 0 aliphatic carbocycles. The normalized spacial score (nSPS) is 18.9. The first kappa shape index (κ1) is 27.0. The molecule has 0 spiro atoms. The highest BCUT2D eigenvalue weighted by atomic mass is 16.5. The average molecular weight is 555 g/mol. The van der Waals surface area contributed by atoms with Crippen molar-refractivity contribution in [2.45, 2.75) is 31.8 Å². The van der Waals surface area contributed by atoms with Crippen LogP contribution >= 0.6 is 0 Å². The van der Waals surface area contributed by atoms with Crippen molar-refractivity contribution in [1.29, 1.82) is 0 Å². The number of methoxy groups -OCH3 is 1. The number of aromatic nitrogens is 4. The number of rotatable bonds is 8. The maximum absolute atomic E-state index is 13.6. The molecule has 0 radical (unpaired) electrons. The molecule has 0 unspecified atom stereocenters. The summed E-state index contributed by atoms with van der Waals surface area (Å²) < 4.78 is 9.13. The number of likely N-dealkylation sites (tertiary alicyclic amines) is 1. The number of carbonyl (C=O) groups excluding carboxylic acids is 1. The standard InChI is InChI=1S/C31H38N8O2/c1-22-29(34-31(40)33-27-21-37(16-17-41-3)20-26(27)23-10-6-4-7-11-23)39(25-12-8-5-9-13-25)35-30(22)38-15-14-28-24(19-38)18-32-36(28)2/h4-13,18,26-27H,14-17,19-21H2,1-3H3,(H2,33,34,40)/t26-,27+/m0/s1. The summed E-state index contributed by atoms with van der Waals surface area (Å²) in [6.45, 7) is 6.73. The van der Waals surface area contributed by atoms with E-state index >= 15 is 0 Å². The van der Waals surface area contributed by atoms with Crippen molar-refractivity contribution >= 4 is 17.7 Å². The van der Waals surface area contributed by atoms with Crippen LogP contribution in [0.4, 0.5) is 16.4 Å². The van der Waals surface area contributed by atoms with Crippen molar-refractivity contribution in [2.24, 2.45) is 7.05 Å². The van der Waals surface area contributed by atoms with Crippen molar-refractivity contribution in [3.63, 3.8) is 0 Å². The summed E-state index contributed by atoms with van der Waals surface area (Å²) in [6.07, 6.45) is 2.84. The van der Waals surface area contributed by atoms with Gasteiger partial charge in [0.05, 0.1) is 24.5 Å². The van der Waals surface area contributed by atoms with Gasteiger partial charge in [-0.1, -0.05) is 48.5 Å². The number of fused-ring (bicyclic) bond motifs is 1. The maximum Gasteiger partial charge on any atom is 0.320 e. The van der Waals surface area contributed by atoms with Crippen LogP contribution in [0.5, 0.6) is 0 Å². The van der Waals surface area contributed by atoms with Gasteiger partial charge in [0.2, 0.25) is 0 Å². The Bertz CT molecular complexity index is 1480. The van der Waals surface area contributed by atoms with E-state index in [0.717, 1.165) is 56.2 Å². The van der Waals surface area contributed by atoms with Crippen LogP contribution in [0.2, 0.25) is 0 Å². The Labute approximate surface area is 240 Å². The molecule has 0 saturated carbocycles. The van der Waals surface area contributed by atoms with Gasteiger partial charge in [0.1, 0.15) is 5.82 Å². The molecule has 4 heterocycles. The smallest absolute Gasteiger partial charge is 0.320 e. The topological polar surface area (TPSA) is 92.5 Å². The molecule has 214 valence electrons. The molecule has 2 atom stereocenters. The van der Waals surface area contributed by atoms with Gasteiger partial charge in [-0.05, 0) is 24.6 Å². The molecule has 2 amide bonds. The van der Waals surface area contributed by atoms with E-state index in [9.17, 15) is 4.79 Å². The number of nitrogens with one attached hydrogen (secondary N) is 2. The van der Waals surface area contributed by atoms with Crippen LogP contribution in [0.15, 0.2) is 66.9 Å². The fourth-order valence-corrected chi connectivity index (χ4v) is 6.14. The van der Waals surface area contributed by atoms with Gasteiger partial charge in [-0.15, -0.1) is 5.10 Å². The lowest BCUT2D eigenvalue weighted by Crippen LogP contribution is -2.42. The summed E-state index contributed by atoms with van der Waals surface area (Å²) in [4.78, 5) is 18.3. The number of benzene rings is 2. The number of hydrogen-bond acceptors (Lipinski definition) is 6. The van der Waals surface area contributed by atoms with Crippen molar-refractivity contribution in [1.82, 2.24) is 29.8 Å². The highest BCUT2D eigenvalue weighted by Gasteiger charge is 2.35. The van der Waals surface area contributed by atoms with Crippen LogP contribution in [0.1, 0.15) is 28.3 Å². The number of carbonyl (C=O) groups is 1. The van der Waals surface area contributed by atoms with Gasteiger partial charge in [0, 0.05) is 76.0 Å². The molecule has 10 heteroatoms. The second-order valence-electron chi connectivity index (χ2n) is 10.9. The Morgan fingerprint density at radius 3 is 2.59 bits per heavy atom. The van der Waals surface area contributed by atoms with Crippen LogP contribution in [0.25, 0.3) is 5.69 Å².